The van der Waals surface area contributed by atoms with Crippen molar-refractivity contribution < 1.29 is 82.4 Å². The van der Waals surface area contributed by atoms with Gasteiger partial charge in [-0.05, 0) is 93.9 Å². The summed E-state index contributed by atoms with van der Waals surface area (Å²) in [5, 5.41) is 63.7. The monoisotopic (exact) mass is 1390 g/mol. The number of ether oxygens (including phenoxy) is 1. The topological polar surface area (TPSA) is 527 Å². The van der Waals surface area contributed by atoms with Gasteiger partial charge in [-0.2, -0.15) is 0 Å². The molecule has 1 aliphatic rings. The quantitative estimate of drug-likeness (QED) is 0.0324. The maximum absolute atomic E-state index is 15.7. The number of alkyl carbamates (subject to hydrolysis) is 1. The number of aliphatic imine (C=N–C) groups is 1. The minimum Gasteiger partial charge on any atom is -0.444 e. The number of guanidine groups is 1. The number of primary amides is 1. The third-order valence-corrected chi connectivity index (χ3v) is 15.3. The van der Waals surface area contributed by atoms with Crippen molar-refractivity contribution in [2.24, 2.45) is 50.8 Å². The van der Waals surface area contributed by atoms with Crippen LogP contribution in [0.2, 0.25) is 0 Å². The van der Waals surface area contributed by atoms with Crippen LogP contribution >= 0.6 is 0 Å². The average molecular weight is 1390 g/mol. The van der Waals surface area contributed by atoms with Gasteiger partial charge in [0.05, 0.1) is 37.8 Å². The minimum atomic E-state index is -2.13. The number of carbonyl (C=O) groups excluding carboxylic acids is 13. The van der Waals surface area contributed by atoms with Crippen molar-refractivity contribution in [3.05, 3.63) is 35.9 Å². The van der Waals surface area contributed by atoms with Crippen molar-refractivity contribution in [3.63, 3.8) is 0 Å². The summed E-state index contributed by atoms with van der Waals surface area (Å²) in [4.78, 5) is 190. The number of aliphatic hydroxyl groups is 3. The molecule has 1 heterocycles. The number of aliphatic hydroxyl groups excluding tert-OH is 3. The molecule has 1 unspecified atom stereocenters. The van der Waals surface area contributed by atoms with Gasteiger partial charge in [0.25, 0.3) is 0 Å². The van der Waals surface area contributed by atoms with Crippen LogP contribution in [0, 0.1) is 28.6 Å². The van der Waals surface area contributed by atoms with Gasteiger partial charge in [-0.15, -0.1) is 0 Å². The summed E-state index contributed by atoms with van der Waals surface area (Å²) >= 11 is 0. The lowest BCUT2D eigenvalue weighted by atomic mass is 9.86. The van der Waals surface area contributed by atoms with Crippen molar-refractivity contribution in [2.45, 2.75) is 240 Å². The third kappa shape index (κ3) is 30.4. The zero-order chi connectivity index (χ0) is 74.9. The Morgan fingerprint density at radius 1 is 0.612 bits per heavy atom. The smallest absolute Gasteiger partial charge is 0.408 e. The highest BCUT2D eigenvalue weighted by atomic mass is 16.6. The average Bonchev–Trinajstić information content (AvgIpc) is 0.814. The molecule has 0 radical (unpaired) electrons. The highest BCUT2D eigenvalue weighted by Crippen LogP contribution is 2.26. The van der Waals surface area contributed by atoms with Gasteiger partial charge >= 0.3 is 6.09 Å². The van der Waals surface area contributed by atoms with Crippen LogP contribution in [0.25, 0.3) is 0 Å². The molecule has 14 atom stereocenters. The molecule has 1 aromatic carbocycles. The van der Waals surface area contributed by atoms with Crippen LogP contribution in [0.15, 0.2) is 35.3 Å². The highest BCUT2D eigenvalue weighted by molar-refractivity contribution is 6.00. The molecule has 0 spiro atoms. The van der Waals surface area contributed by atoms with Crippen molar-refractivity contribution in [1.29, 1.82) is 0 Å². The first kappa shape index (κ1) is 85.4. The molecular weight excluding hydrogens is 1280 g/mol. The summed E-state index contributed by atoms with van der Waals surface area (Å²) in [6.45, 7) is 24.1. The maximum atomic E-state index is 15.7. The first-order valence-corrected chi connectivity index (χ1v) is 32.9. The summed E-state index contributed by atoms with van der Waals surface area (Å²) in [5.41, 5.74) is 14.3. The van der Waals surface area contributed by atoms with Crippen LogP contribution in [-0.2, 0) is 62.3 Å². The van der Waals surface area contributed by atoms with Gasteiger partial charge in [-0.1, -0.05) is 120 Å². The van der Waals surface area contributed by atoms with E-state index < -0.39 is 203 Å². The van der Waals surface area contributed by atoms with E-state index in [1.54, 1.807) is 75.3 Å². The van der Waals surface area contributed by atoms with Crippen LogP contribution in [-0.4, -0.2) is 196 Å². The minimum absolute atomic E-state index is 0.0213. The lowest BCUT2D eigenvalue weighted by molar-refractivity contribution is -0.139. The molecule has 1 aliphatic heterocycles. The SMILES string of the molecule is CC[C@H](C)[C@@H]1NC(=O)[C@@H](CCCN=C(N)N)NC(=O)[C@H](CC(C)C)NC(=O)[C@H]([C@H](O)C(C)C)NC(=O)[C@@H](NC(=O)[C@H](CC(C)(C)C)NC(=O)[C@@H](CC(C)(C)C)NC(=O)OC(C)(C)C)[C@@H](c2ccccc2)NC(=O)[C@H](CO)NC(=O)C(CC(N)=O)NC(=O)CNC(=O)[C@@H]([C@H](C)O)NC1=O. The number of benzene rings is 1. The van der Waals surface area contributed by atoms with Gasteiger partial charge in [0.1, 0.15) is 66.0 Å². The third-order valence-electron chi connectivity index (χ3n) is 15.3. The Morgan fingerprint density at radius 2 is 1.12 bits per heavy atom. The molecule has 1 saturated heterocycles. The van der Waals surface area contributed by atoms with Crippen LogP contribution in [0.3, 0.4) is 0 Å². The number of hydrogen-bond acceptors (Lipinski definition) is 18. The summed E-state index contributed by atoms with van der Waals surface area (Å²) in [5.74, 6) is -15.6. The van der Waals surface area contributed by atoms with Gasteiger partial charge in [0.2, 0.25) is 70.9 Å². The molecule has 0 aromatic heterocycles. The van der Waals surface area contributed by atoms with Crippen LogP contribution < -0.4 is 81.0 Å². The molecule has 33 heteroatoms. The molecule has 21 N–H and O–H groups in total. The highest BCUT2D eigenvalue weighted by Gasteiger charge is 2.43. The fourth-order valence-corrected chi connectivity index (χ4v) is 10.1. The van der Waals surface area contributed by atoms with Crippen molar-refractivity contribution in [2.75, 3.05) is 19.7 Å². The van der Waals surface area contributed by atoms with E-state index in [2.05, 4.69) is 68.8 Å². The van der Waals surface area contributed by atoms with Gasteiger partial charge < -0.3 is 101 Å². The zero-order valence-electron chi connectivity index (χ0n) is 59.4. The lowest BCUT2D eigenvalue weighted by Gasteiger charge is -2.35. The fourth-order valence-electron chi connectivity index (χ4n) is 10.1. The molecule has 552 valence electrons. The van der Waals surface area contributed by atoms with Crippen molar-refractivity contribution in [1.82, 2.24) is 63.8 Å². The number of hydrogen-bond donors (Lipinski definition) is 18. The first-order chi connectivity index (χ1) is 45.3. The van der Waals surface area contributed by atoms with Gasteiger partial charge in [0.15, 0.2) is 5.96 Å². The zero-order valence-corrected chi connectivity index (χ0v) is 59.4. The molecular formula is C65H110N16O17. The Balaban J connectivity index is 3.19. The second kappa shape index (κ2) is 39.0. The van der Waals surface area contributed by atoms with E-state index in [9.17, 15) is 63.3 Å². The number of nitrogens with one attached hydrogen (secondary N) is 12. The van der Waals surface area contributed by atoms with E-state index in [4.69, 9.17) is 21.9 Å². The Bertz CT molecular complexity index is 2940. The molecule has 1 fully saturated rings. The molecule has 13 amide bonds. The van der Waals surface area contributed by atoms with E-state index in [0.29, 0.717) is 0 Å². The molecule has 0 aliphatic carbocycles. The van der Waals surface area contributed by atoms with Gasteiger partial charge in [-0.3, -0.25) is 62.5 Å². The van der Waals surface area contributed by atoms with E-state index >= 15 is 14.4 Å². The molecule has 33 nitrogen and oxygen atoms in total. The summed E-state index contributed by atoms with van der Waals surface area (Å²) in [6, 6.07) is -11.8. The Labute approximate surface area is 573 Å². The van der Waals surface area contributed by atoms with E-state index in [1.165, 1.54) is 38.1 Å². The van der Waals surface area contributed by atoms with Gasteiger partial charge in [0, 0.05) is 6.54 Å². The molecule has 98 heavy (non-hydrogen) atoms. The van der Waals surface area contributed by atoms with Crippen LogP contribution in [0.4, 0.5) is 4.79 Å². The summed E-state index contributed by atoms with van der Waals surface area (Å²) in [6.07, 6.45) is -5.53. The largest absolute Gasteiger partial charge is 0.444 e. The Morgan fingerprint density at radius 3 is 1.63 bits per heavy atom. The van der Waals surface area contributed by atoms with Crippen molar-refractivity contribution >= 4 is 82.9 Å². The number of carbonyl (C=O) groups is 13. The number of amides is 13. The standard InChI is InChI=1S/C65H110N16O17/c1-17-34(6)45-58(94)78-46(35(7)83)57(93)70-30-44(85)71-39(27-43(66)84)53(89)75-42(31-82)56(92)79-47(36-22-19-18-20-23-36)48(80-55(91)40(28-63(8,9)10)74-54(90)41(29-64(11,12)13)76-62(97)98-65(14,15)16)59(95)81-49(50(86)33(4)5)60(96)73-38(26-32(2)3)52(88)72-37(51(87)77-45)24-21-25-69-61(67)68/h18-20,22-23,32-35,37-42,45-50,82-83,86H,17,21,24-31H2,1-16H3,(H2,66,84)(H,70,93)(H,71,85)(H,72,88)(H,73,96)(H,74,90)(H,75,89)(H,76,97)(H,77,87)(H,78,94)(H,79,92)(H,80,91)(H,81,95)(H4,67,68,69)/t34-,35-,37+,38-,39?,40-,41+,42-,45-,46+,47+,48-,49-,50+/m0/s1. The van der Waals surface area contributed by atoms with E-state index in [0.717, 1.165) is 6.92 Å². The predicted molar refractivity (Wildman–Crippen MR) is 361 cm³/mol. The predicted octanol–water partition coefficient (Wildman–Crippen LogP) is -2.49. The second-order valence-electron chi connectivity index (χ2n) is 28.9. The van der Waals surface area contributed by atoms with Crippen LogP contribution in [0.1, 0.15) is 167 Å². The first-order valence-electron chi connectivity index (χ1n) is 32.9. The normalized spacial score (nSPS) is 23.6. The molecule has 1 aromatic rings. The number of rotatable bonds is 22. The number of nitrogens with zero attached hydrogens (tertiary/aromatic N) is 1. The fraction of sp³-hybridized carbons (Fsp3) is 0.692. The van der Waals surface area contributed by atoms with E-state index in [-0.39, 0.29) is 62.5 Å². The Hall–Kier alpha value is -8.72. The second-order valence-corrected chi connectivity index (χ2v) is 28.9. The number of nitrogens with two attached hydrogens (primary N) is 3. The van der Waals surface area contributed by atoms with Gasteiger partial charge in [-0.25, -0.2) is 4.79 Å². The molecule has 2 rings (SSSR count). The lowest BCUT2D eigenvalue weighted by Crippen LogP contribution is -2.65. The van der Waals surface area contributed by atoms with Crippen LogP contribution in [0.5, 0.6) is 0 Å². The Kier molecular flexibility index (Phi) is 34.0. The van der Waals surface area contributed by atoms with E-state index in [1.807, 2.05) is 20.8 Å². The van der Waals surface area contributed by atoms with Crippen molar-refractivity contribution in [3.8, 4) is 0 Å². The maximum Gasteiger partial charge on any atom is 0.408 e. The summed E-state index contributed by atoms with van der Waals surface area (Å²) < 4.78 is 5.48. The summed E-state index contributed by atoms with van der Waals surface area (Å²) in [7, 11) is 0. The molecule has 0 saturated carbocycles. The molecule has 0 bridgehead atoms.